The van der Waals surface area contributed by atoms with E-state index in [1.54, 1.807) is 0 Å². The summed E-state index contributed by atoms with van der Waals surface area (Å²) in [6.45, 7) is 0. The minimum atomic E-state index is -0.227. The fourth-order valence-corrected chi connectivity index (χ4v) is 6.37. The van der Waals surface area contributed by atoms with Gasteiger partial charge < -0.3 is 0 Å². The Morgan fingerprint density at radius 3 is 1.61 bits per heavy atom. The molecule has 116 valence electrons. The monoisotopic (exact) mass is 336 g/mol. The second-order valence-electron chi connectivity index (χ2n) is 5.47. The number of rotatable bonds is 7. The zero-order valence-corrected chi connectivity index (χ0v) is 15.1. The summed E-state index contributed by atoms with van der Waals surface area (Å²) in [5.74, 6) is 0. The molecule has 0 amide bonds. The zero-order valence-electron chi connectivity index (χ0n) is 13.2. The van der Waals surface area contributed by atoms with Gasteiger partial charge in [-0.25, -0.2) is 0 Å². The van der Waals surface area contributed by atoms with Crippen molar-refractivity contribution in [2.75, 3.05) is 12.3 Å². The van der Waals surface area contributed by atoms with E-state index in [-0.39, 0.29) is 7.92 Å². The van der Waals surface area contributed by atoms with Gasteiger partial charge in [0.25, 0.3) is 0 Å². The highest BCUT2D eigenvalue weighted by molar-refractivity contribution is 7.73. The molecular formula is C21H22P2. The van der Waals surface area contributed by atoms with Gasteiger partial charge in [0.05, 0.1) is 0 Å². The van der Waals surface area contributed by atoms with Crippen molar-refractivity contribution in [3.63, 3.8) is 0 Å². The van der Waals surface area contributed by atoms with Crippen LogP contribution in [0.2, 0.25) is 0 Å². The van der Waals surface area contributed by atoms with E-state index >= 15 is 0 Å². The van der Waals surface area contributed by atoms with Crippen LogP contribution in [0.15, 0.2) is 91.0 Å². The topological polar surface area (TPSA) is 0 Å². The molecule has 0 aliphatic carbocycles. The molecule has 0 saturated carbocycles. The molecule has 0 saturated heterocycles. The molecule has 0 heterocycles. The van der Waals surface area contributed by atoms with Gasteiger partial charge in [-0.05, 0) is 42.6 Å². The van der Waals surface area contributed by atoms with Crippen LogP contribution in [0.5, 0.6) is 0 Å². The lowest BCUT2D eigenvalue weighted by atomic mass is 10.4. The van der Waals surface area contributed by atoms with Gasteiger partial charge in [0.1, 0.15) is 0 Å². The highest BCUT2D eigenvalue weighted by Crippen LogP contribution is 2.34. The minimum Gasteiger partial charge on any atom is -0.0904 e. The first-order valence-corrected chi connectivity index (χ1v) is 10.8. The third-order valence-electron chi connectivity index (χ3n) is 3.80. The smallest absolute Gasteiger partial charge is 0.0195 e. The first-order chi connectivity index (χ1) is 11.4. The molecule has 0 nitrogen and oxygen atoms in total. The maximum absolute atomic E-state index is 2.29. The molecule has 0 aromatic heterocycles. The summed E-state index contributed by atoms with van der Waals surface area (Å²) in [5.41, 5.74) is 0. The normalized spacial score (nSPS) is 11.3. The highest BCUT2D eigenvalue weighted by atomic mass is 31.1. The van der Waals surface area contributed by atoms with Gasteiger partial charge in [0.2, 0.25) is 0 Å². The summed E-state index contributed by atoms with van der Waals surface area (Å²) in [4.78, 5) is 0. The van der Waals surface area contributed by atoms with E-state index in [2.05, 4.69) is 91.0 Å². The lowest BCUT2D eigenvalue weighted by Crippen LogP contribution is -2.14. The van der Waals surface area contributed by atoms with Crippen molar-refractivity contribution in [2.45, 2.75) is 6.42 Å². The molecule has 0 fully saturated rings. The van der Waals surface area contributed by atoms with Gasteiger partial charge in [-0.2, -0.15) is 0 Å². The van der Waals surface area contributed by atoms with Gasteiger partial charge in [-0.1, -0.05) is 99.6 Å². The Hall–Kier alpha value is -1.48. The Bertz CT molecular complexity index is 641. The minimum absolute atomic E-state index is 0.227. The lowest BCUT2D eigenvalue weighted by molar-refractivity contribution is 1.12. The lowest BCUT2D eigenvalue weighted by Gasteiger charge is -2.18. The van der Waals surface area contributed by atoms with Crippen molar-refractivity contribution >= 4 is 32.4 Å². The molecule has 1 unspecified atom stereocenters. The Kier molecular flexibility index (Phi) is 6.39. The fourth-order valence-electron chi connectivity index (χ4n) is 2.65. The summed E-state index contributed by atoms with van der Waals surface area (Å²) < 4.78 is 0. The predicted molar refractivity (Wildman–Crippen MR) is 108 cm³/mol. The van der Waals surface area contributed by atoms with Crippen LogP contribution >= 0.6 is 16.5 Å². The second kappa shape index (κ2) is 8.97. The molecule has 3 aromatic carbocycles. The molecule has 0 bridgehead atoms. The standard InChI is InChI=1S/C21H22P2/c1-4-11-19(12-5-1)22-17-10-18-23(20-13-6-2-7-14-20)21-15-8-3-9-16-21/h1-9,11-16,22H,10,17-18H2. The number of hydrogen-bond acceptors (Lipinski definition) is 0. The molecule has 0 radical (unpaired) electrons. The molecule has 2 heteroatoms. The van der Waals surface area contributed by atoms with Gasteiger partial charge in [0.15, 0.2) is 0 Å². The van der Waals surface area contributed by atoms with Gasteiger partial charge in [0, 0.05) is 0 Å². The van der Waals surface area contributed by atoms with Gasteiger partial charge in [-0.3, -0.25) is 0 Å². The van der Waals surface area contributed by atoms with Crippen LogP contribution in [-0.2, 0) is 0 Å². The Balaban J connectivity index is 1.63. The van der Waals surface area contributed by atoms with Crippen LogP contribution in [0.4, 0.5) is 0 Å². The molecule has 0 spiro atoms. The summed E-state index contributed by atoms with van der Waals surface area (Å²) in [6.07, 6.45) is 3.87. The molecular weight excluding hydrogens is 314 g/mol. The largest absolute Gasteiger partial charge is 0.0904 e. The Morgan fingerprint density at radius 1 is 0.609 bits per heavy atom. The van der Waals surface area contributed by atoms with Crippen molar-refractivity contribution in [1.82, 2.24) is 0 Å². The second-order valence-corrected chi connectivity index (χ2v) is 9.24. The Labute approximate surface area is 142 Å². The molecule has 3 rings (SSSR count). The van der Waals surface area contributed by atoms with Crippen LogP contribution in [0.1, 0.15) is 6.42 Å². The van der Waals surface area contributed by atoms with Crippen LogP contribution < -0.4 is 15.9 Å². The molecule has 3 aromatic rings. The number of hydrogen-bond donors (Lipinski definition) is 0. The van der Waals surface area contributed by atoms with E-state index in [1.165, 1.54) is 34.7 Å². The molecule has 0 aliphatic heterocycles. The maximum Gasteiger partial charge on any atom is -0.0195 e. The third-order valence-corrected chi connectivity index (χ3v) is 7.75. The van der Waals surface area contributed by atoms with Crippen LogP contribution in [0.3, 0.4) is 0 Å². The first-order valence-electron chi connectivity index (χ1n) is 8.10. The van der Waals surface area contributed by atoms with E-state index in [9.17, 15) is 0 Å². The average molecular weight is 336 g/mol. The van der Waals surface area contributed by atoms with Crippen molar-refractivity contribution < 1.29 is 0 Å². The van der Waals surface area contributed by atoms with Crippen molar-refractivity contribution in [1.29, 1.82) is 0 Å². The maximum atomic E-state index is 2.29. The van der Waals surface area contributed by atoms with Crippen molar-refractivity contribution in [3.05, 3.63) is 91.0 Å². The van der Waals surface area contributed by atoms with Crippen molar-refractivity contribution in [2.24, 2.45) is 0 Å². The molecule has 0 N–H and O–H groups in total. The van der Waals surface area contributed by atoms with Gasteiger partial charge >= 0.3 is 0 Å². The summed E-state index contributed by atoms with van der Waals surface area (Å²) in [7, 11) is 0.703. The van der Waals surface area contributed by atoms with E-state index in [0.717, 1.165) is 8.58 Å². The quantitative estimate of drug-likeness (QED) is 0.440. The third kappa shape index (κ3) is 5.00. The van der Waals surface area contributed by atoms with Gasteiger partial charge in [-0.15, -0.1) is 0 Å². The van der Waals surface area contributed by atoms with E-state index in [0.29, 0.717) is 0 Å². The molecule has 0 aliphatic rings. The van der Waals surface area contributed by atoms with Crippen molar-refractivity contribution in [3.8, 4) is 0 Å². The summed E-state index contributed by atoms with van der Waals surface area (Å²) in [6, 6.07) is 32.9. The molecule has 23 heavy (non-hydrogen) atoms. The predicted octanol–water partition coefficient (Wildman–Crippen LogP) is 4.51. The van der Waals surface area contributed by atoms with Crippen LogP contribution in [0, 0.1) is 0 Å². The molecule has 1 atom stereocenters. The van der Waals surface area contributed by atoms with Crippen LogP contribution in [-0.4, -0.2) is 12.3 Å². The first kappa shape index (κ1) is 16.4. The summed E-state index contributed by atoms with van der Waals surface area (Å²) in [5, 5.41) is 4.48. The SMILES string of the molecule is c1ccc(PCCCP(c2ccccc2)c2ccccc2)cc1. The highest BCUT2D eigenvalue weighted by Gasteiger charge is 2.12. The number of benzene rings is 3. The average Bonchev–Trinajstić information content (AvgIpc) is 2.64. The zero-order chi connectivity index (χ0) is 15.7. The fraction of sp³-hybridized carbons (Fsp3) is 0.143. The van der Waals surface area contributed by atoms with E-state index < -0.39 is 0 Å². The van der Waals surface area contributed by atoms with Crippen LogP contribution in [0.25, 0.3) is 0 Å². The Morgan fingerprint density at radius 2 is 1.09 bits per heavy atom. The summed E-state index contributed by atoms with van der Waals surface area (Å²) >= 11 is 0. The van der Waals surface area contributed by atoms with E-state index in [1.807, 2.05) is 0 Å². The van der Waals surface area contributed by atoms with E-state index in [4.69, 9.17) is 0 Å².